The second-order valence-corrected chi connectivity index (χ2v) is 7.51. The maximum Gasteiger partial charge on any atom is 0.228 e. The van der Waals surface area contributed by atoms with E-state index in [0.717, 1.165) is 49.3 Å². The minimum Gasteiger partial charge on any atom is -0.326 e. The Labute approximate surface area is 170 Å². The predicted molar refractivity (Wildman–Crippen MR) is 113 cm³/mol. The van der Waals surface area contributed by atoms with Crippen LogP contribution in [0.2, 0.25) is 0 Å². The van der Waals surface area contributed by atoms with Gasteiger partial charge in [0, 0.05) is 31.2 Å². The highest BCUT2D eigenvalue weighted by atomic mass is 19.1. The maximum atomic E-state index is 13.4. The monoisotopic (exact) mass is 389 g/mol. The smallest absolute Gasteiger partial charge is 0.228 e. The number of hydrogen-bond acceptors (Lipinski definition) is 3. The molecular weight excluding hydrogens is 365 g/mol. The molecule has 1 fully saturated rings. The summed E-state index contributed by atoms with van der Waals surface area (Å²) in [5.41, 5.74) is 3.67. The zero-order chi connectivity index (χ0) is 20.1. The first-order valence-corrected chi connectivity index (χ1v) is 9.95. The second-order valence-electron chi connectivity index (χ2n) is 7.51. The van der Waals surface area contributed by atoms with E-state index in [1.165, 1.54) is 17.7 Å². The average molecular weight is 389 g/mol. The number of aromatic nitrogens is 1. The predicted octanol–water partition coefficient (Wildman–Crippen LogP) is 4.74. The zero-order valence-corrected chi connectivity index (χ0v) is 16.2. The molecule has 2 heterocycles. The first-order valence-electron chi connectivity index (χ1n) is 9.95. The number of piperidine rings is 1. The van der Waals surface area contributed by atoms with Gasteiger partial charge in [0.2, 0.25) is 5.91 Å². The largest absolute Gasteiger partial charge is 0.326 e. The lowest BCUT2D eigenvalue weighted by Gasteiger charge is -2.32. The van der Waals surface area contributed by atoms with Crippen LogP contribution in [0.3, 0.4) is 0 Å². The van der Waals surface area contributed by atoms with Gasteiger partial charge in [-0.1, -0.05) is 30.3 Å². The topological polar surface area (TPSA) is 45.2 Å². The minimum atomic E-state index is -0.256. The van der Waals surface area contributed by atoms with Gasteiger partial charge in [-0.15, -0.1) is 0 Å². The minimum absolute atomic E-state index is 0.0247. The van der Waals surface area contributed by atoms with Crippen molar-refractivity contribution >= 4 is 11.6 Å². The van der Waals surface area contributed by atoms with Gasteiger partial charge in [-0.05, 0) is 66.4 Å². The number of nitrogens with zero attached hydrogens (tertiary/aromatic N) is 2. The molecule has 1 aliphatic rings. The SMILES string of the molecule is O=C(Nc1ccc(-c2cccc(F)c2)cc1)C1CCCN(Cc2cccnc2)C1. The van der Waals surface area contributed by atoms with Crippen molar-refractivity contribution in [1.29, 1.82) is 0 Å². The van der Waals surface area contributed by atoms with E-state index in [1.807, 2.05) is 42.6 Å². The molecular formula is C24H24FN3O. The van der Waals surface area contributed by atoms with E-state index in [1.54, 1.807) is 12.3 Å². The fraction of sp³-hybridized carbons (Fsp3) is 0.250. The fourth-order valence-corrected chi connectivity index (χ4v) is 3.82. The van der Waals surface area contributed by atoms with Gasteiger partial charge in [-0.3, -0.25) is 14.7 Å². The molecule has 0 saturated carbocycles. The highest BCUT2D eigenvalue weighted by molar-refractivity contribution is 5.93. The molecule has 148 valence electrons. The van der Waals surface area contributed by atoms with Crippen LogP contribution in [-0.2, 0) is 11.3 Å². The number of hydrogen-bond donors (Lipinski definition) is 1. The van der Waals surface area contributed by atoms with E-state index in [4.69, 9.17) is 0 Å². The molecule has 1 N–H and O–H groups in total. The molecule has 0 aliphatic carbocycles. The Morgan fingerprint density at radius 1 is 1.10 bits per heavy atom. The van der Waals surface area contributed by atoms with Crippen LogP contribution >= 0.6 is 0 Å². The van der Waals surface area contributed by atoms with Gasteiger partial charge in [0.05, 0.1) is 5.92 Å². The molecule has 1 aromatic heterocycles. The lowest BCUT2D eigenvalue weighted by atomic mass is 9.96. The standard InChI is InChI=1S/C24H24FN3O/c25-22-7-1-5-20(14-22)19-8-10-23(11-9-19)27-24(29)21-6-3-13-28(17-21)16-18-4-2-12-26-15-18/h1-2,4-5,7-12,14-15,21H,3,6,13,16-17H2,(H,27,29). The molecule has 0 spiro atoms. The van der Waals surface area contributed by atoms with Gasteiger partial charge in [0.1, 0.15) is 5.82 Å². The van der Waals surface area contributed by atoms with Crippen LogP contribution in [0.4, 0.5) is 10.1 Å². The van der Waals surface area contributed by atoms with E-state index in [0.29, 0.717) is 0 Å². The highest BCUT2D eigenvalue weighted by Crippen LogP contribution is 2.24. The number of benzene rings is 2. The number of likely N-dealkylation sites (tertiary alicyclic amines) is 1. The summed E-state index contributed by atoms with van der Waals surface area (Å²) in [6, 6.07) is 18.1. The molecule has 1 amide bonds. The molecule has 1 aliphatic heterocycles. The number of carbonyl (C=O) groups excluding carboxylic acids is 1. The Kier molecular flexibility index (Phi) is 5.96. The van der Waals surface area contributed by atoms with Crippen molar-refractivity contribution in [3.63, 3.8) is 0 Å². The summed E-state index contributed by atoms with van der Waals surface area (Å²) in [7, 11) is 0. The van der Waals surface area contributed by atoms with Gasteiger partial charge in [0.25, 0.3) is 0 Å². The van der Waals surface area contributed by atoms with E-state index in [2.05, 4.69) is 21.3 Å². The van der Waals surface area contributed by atoms with Crippen LogP contribution in [0.5, 0.6) is 0 Å². The zero-order valence-electron chi connectivity index (χ0n) is 16.2. The number of halogens is 1. The first kappa shape index (κ1) is 19.3. The Balaban J connectivity index is 1.36. The molecule has 0 radical (unpaired) electrons. The van der Waals surface area contributed by atoms with E-state index in [-0.39, 0.29) is 17.6 Å². The number of carbonyl (C=O) groups is 1. The maximum absolute atomic E-state index is 13.4. The molecule has 0 bridgehead atoms. The van der Waals surface area contributed by atoms with Crippen molar-refractivity contribution in [2.24, 2.45) is 5.92 Å². The summed E-state index contributed by atoms with van der Waals surface area (Å²) < 4.78 is 13.4. The van der Waals surface area contributed by atoms with Crippen molar-refractivity contribution in [3.05, 3.63) is 84.4 Å². The summed E-state index contributed by atoms with van der Waals surface area (Å²) in [6.07, 6.45) is 5.56. The Bertz CT molecular complexity index is 959. The third kappa shape index (κ3) is 5.06. The van der Waals surface area contributed by atoms with Crippen LogP contribution in [0.1, 0.15) is 18.4 Å². The average Bonchev–Trinajstić information content (AvgIpc) is 2.75. The van der Waals surface area contributed by atoms with Crippen LogP contribution in [0.15, 0.2) is 73.1 Å². The van der Waals surface area contributed by atoms with Crippen molar-refractivity contribution < 1.29 is 9.18 Å². The Hall–Kier alpha value is -3.05. The normalized spacial score (nSPS) is 17.1. The van der Waals surface area contributed by atoms with Crippen LogP contribution < -0.4 is 5.32 Å². The van der Waals surface area contributed by atoms with Crippen molar-refractivity contribution in [2.45, 2.75) is 19.4 Å². The molecule has 29 heavy (non-hydrogen) atoms. The quantitative estimate of drug-likeness (QED) is 0.686. The number of nitrogens with one attached hydrogen (secondary N) is 1. The summed E-state index contributed by atoms with van der Waals surface area (Å²) in [5.74, 6) is -0.226. The molecule has 3 aromatic rings. The summed E-state index contributed by atoms with van der Waals surface area (Å²) >= 11 is 0. The van der Waals surface area contributed by atoms with Gasteiger partial charge < -0.3 is 5.32 Å². The first-order chi connectivity index (χ1) is 14.2. The molecule has 5 heteroatoms. The Morgan fingerprint density at radius 3 is 2.72 bits per heavy atom. The van der Waals surface area contributed by atoms with Gasteiger partial charge >= 0.3 is 0 Å². The molecule has 4 rings (SSSR count). The second kappa shape index (κ2) is 8.97. The van der Waals surface area contributed by atoms with Crippen molar-refractivity contribution in [2.75, 3.05) is 18.4 Å². The van der Waals surface area contributed by atoms with E-state index < -0.39 is 0 Å². The van der Waals surface area contributed by atoms with Crippen LogP contribution in [0.25, 0.3) is 11.1 Å². The summed E-state index contributed by atoms with van der Waals surface area (Å²) in [4.78, 5) is 19.2. The van der Waals surface area contributed by atoms with Gasteiger partial charge in [-0.25, -0.2) is 4.39 Å². The molecule has 1 unspecified atom stereocenters. The van der Waals surface area contributed by atoms with Crippen LogP contribution in [0, 0.1) is 11.7 Å². The Morgan fingerprint density at radius 2 is 1.97 bits per heavy atom. The summed E-state index contributed by atoms with van der Waals surface area (Å²) in [6.45, 7) is 2.57. The van der Waals surface area contributed by atoms with Crippen molar-refractivity contribution in [1.82, 2.24) is 9.88 Å². The number of pyridine rings is 1. The van der Waals surface area contributed by atoms with Gasteiger partial charge in [-0.2, -0.15) is 0 Å². The molecule has 1 atom stereocenters. The molecule has 2 aromatic carbocycles. The lowest BCUT2D eigenvalue weighted by Crippen LogP contribution is -2.40. The fourth-order valence-electron chi connectivity index (χ4n) is 3.82. The number of rotatable bonds is 5. The highest BCUT2D eigenvalue weighted by Gasteiger charge is 2.25. The third-order valence-electron chi connectivity index (χ3n) is 5.32. The lowest BCUT2D eigenvalue weighted by molar-refractivity contribution is -0.121. The number of amides is 1. The summed E-state index contributed by atoms with van der Waals surface area (Å²) in [5, 5.41) is 3.03. The number of anilines is 1. The van der Waals surface area contributed by atoms with Crippen molar-refractivity contribution in [3.8, 4) is 11.1 Å². The van der Waals surface area contributed by atoms with E-state index in [9.17, 15) is 9.18 Å². The molecule has 4 nitrogen and oxygen atoms in total. The van der Waals surface area contributed by atoms with Crippen LogP contribution in [-0.4, -0.2) is 28.9 Å². The van der Waals surface area contributed by atoms with Gasteiger partial charge in [0.15, 0.2) is 0 Å². The van der Waals surface area contributed by atoms with E-state index >= 15 is 0 Å². The third-order valence-corrected chi connectivity index (χ3v) is 5.32. The molecule has 1 saturated heterocycles.